The van der Waals surface area contributed by atoms with E-state index in [1.54, 1.807) is 0 Å². The SMILES string of the molecule is c1ccc2nc(CN3Cc4ccnn4C(CN4CCCC4)C3)ccc2c1. The molecule has 1 unspecified atom stereocenters. The van der Waals surface area contributed by atoms with Crippen molar-refractivity contribution in [2.24, 2.45) is 0 Å². The Morgan fingerprint density at radius 2 is 1.85 bits per heavy atom. The summed E-state index contributed by atoms with van der Waals surface area (Å²) in [7, 11) is 0. The molecule has 0 spiro atoms. The molecular weight excluding hydrogens is 322 g/mol. The Hall–Kier alpha value is -2.24. The van der Waals surface area contributed by atoms with Gasteiger partial charge in [0.2, 0.25) is 0 Å². The molecule has 4 heterocycles. The van der Waals surface area contributed by atoms with Gasteiger partial charge in [-0.2, -0.15) is 5.10 Å². The third kappa shape index (κ3) is 3.13. The van der Waals surface area contributed by atoms with Gasteiger partial charge in [0.15, 0.2) is 0 Å². The quantitative estimate of drug-likeness (QED) is 0.727. The lowest BCUT2D eigenvalue weighted by atomic mass is 10.1. The minimum Gasteiger partial charge on any atom is -0.301 e. The second-order valence-electron chi connectivity index (χ2n) is 7.59. The Balaban J connectivity index is 1.35. The maximum atomic E-state index is 4.87. The van der Waals surface area contributed by atoms with Crippen molar-refractivity contribution in [3.8, 4) is 0 Å². The molecule has 2 aromatic heterocycles. The Bertz CT molecular complexity index is 896. The molecule has 0 N–H and O–H groups in total. The van der Waals surface area contributed by atoms with Crippen LogP contribution in [-0.2, 0) is 13.1 Å². The molecule has 1 atom stereocenters. The summed E-state index contributed by atoms with van der Waals surface area (Å²) in [4.78, 5) is 9.98. The fraction of sp³-hybridized carbons (Fsp3) is 0.429. The van der Waals surface area contributed by atoms with Crippen molar-refractivity contribution in [3.63, 3.8) is 0 Å². The van der Waals surface area contributed by atoms with Gasteiger partial charge < -0.3 is 4.90 Å². The first-order chi connectivity index (χ1) is 12.8. The van der Waals surface area contributed by atoms with E-state index in [2.05, 4.69) is 62.0 Å². The van der Waals surface area contributed by atoms with E-state index in [1.165, 1.54) is 37.0 Å². The molecule has 0 amide bonds. The van der Waals surface area contributed by atoms with Gasteiger partial charge in [-0.25, -0.2) is 0 Å². The maximum absolute atomic E-state index is 4.87. The van der Waals surface area contributed by atoms with E-state index in [4.69, 9.17) is 4.98 Å². The van der Waals surface area contributed by atoms with Crippen molar-refractivity contribution in [2.75, 3.05) is 26.2 Å². The molecular formula is C21H25N5. The van der Waals surface area contributed by atoms with Crippen LogP contribution < -0.4 is 0 Å². The molecule has 1 saturated heterocycles. The van der Waals surface area contributed by atoms with Gasteiger partial charge in [-0.15, -0.1) is 0 Å². The predicted molar refractivity (Wildman–Crippen MR) is 103 cm³/mol. The van der Waals surface area contributed by atoms with Crippen molar-refractivity contribution < 1.29 is 0 Å². The Kier molecular flexibility index (Phi) is 4.19. The van der Waals surface area contributed by atoms with Gasteiger partial charge in [-0.3, -0.25) is 14.6 Å². The summed E-state index contributed by atoms with van der Waals surface area (Å²) in [5.41, 5.74) is 3.55. The van der Waals surface area contributed by atoms with Gasteiger partial charge in [0.1, 0.15) is 0 Å². The molecule has 2 aliphatic heterocycles. The minimum absolute atomic E-state index is 0.437. The first kappa shape index (κ1) is 16.0. The minimum atomic E-state index is 0.437. The highest BCUT2D eigenvalue weighted by Gasteiger charge is 2.28. The molecule has 0 saturated carbocycles. The zero-order valence-electron chi connectivity index (χ0n) is 15.1. The van der Waals surface area contributed by atoms with Crippen LogP contribution in [0, 0.1) is 0 Å². The van der Waals surface area contributed by atoms with E-state index in [9.17, 15) is 0 Å². The standard InChI is InChI=1S/C21H25N5/c1-2-6-21-17(5-1)7-8-18(23-21)13-25-14-19-9-10-22-26(19)20(16-25)15-24-11-3-4-12-24/h1-2,5-10,20H,3-4,11-16H2. The number of para-hydroxylation sites is 1. The molecule has 5 heteroatoms. The predicted octanol–water partition coefficient (Wildman–Crippen LogP) is 3.08. The van der Waals surface area contributed by atoms with Crippen LogP contribution in [0.5, 0.6) is 0 Å². The van der Waals surface area contributed by atoms with Gasteiger partial charge in [0.25, 0.3) is 0 Å². The highest BCUT2D eigenvalue weighted by Crippen LogP contribution is 2.24. The van der Waals surface area contributed by atoms with Gasteiger partial charge in [-0.05, 0) is 44.1 Å². The normalized spacial score (nSPS) is 21.3. The summed E-state index contributed by atoms with van der Waals surface area (Å²) in [6.45, 7) is 6.46. The Morgan fingerprint density at radius 1 is 0.962 bits per heavy atom. The Morgan fingerprint density at radius 3 is 2.77 bits per heavy atom. The molecule has 134 valence electrons. The summed E-state index contributed by atoms with van der Waals surface area (Å²) in [5.74, 6) is 0. The van der Waals surface area contributed by atoms with Crippen molar-refractivity contribution >= 4 is 10.9 Å². The number of pyridine rings is 1. The van der Waals surface area contributed by atoms with E-state index in [1.807, 2.05) is 6.20 Å². The monoisotopic (exact) mass is 347 g/mol. The number of likely N-dealkylation sites (tertiary alicyclic amines) is 1. The lowest BCUT2D eigenvalue weighted by Gasteiger charge is -2.35. The van der Waals surface area contributed by atoms with E-state index >= 15 is 0 Å². The lowest BCUT2D eigenvalue weighted by Crippen LogP contribution is -2.42. The molecule has 0 bridgehead atoms. The molecule has 1 fully saturated rings. The third-order valence-electron chi connectivity index (χ3n) is 5.66. The topological polar surface area (TPSA) is 37.2 Å². The van der Waals surface area contributed by atoms with E-state index in [-0.39, 0.29) is 0 Å². The summed E-state index contributed by atoms with van der Waals surface area (Å²) in [5, 5.41) is 5.82. The average Bonchev–Trinajstić information content (AvgIpc) is 3.33. The summed E-state index contributed by atoms with van der Waals surface area (Å²) in [6.07, 6.45) is 4.62. The molecule has 0 radical (unpaired) electrons. The fourth-order valence-electron chi connectivity index (χ4n) is 4.41. The smallest absolute Gasteiger partial charge is 0.0776 e. The van der Waals surface area contributed by atoms with Crippen LogP contribution in [0.3, 0.4) is 0 Å². The Labute approximate surface area is 154 Å². The molecule has 5 rings (SSSR count). The van der Waals surface area contributed by atoms with E-state index in [0.717, 1.165) is 37.4 Å². The molecule has 5 nitrogen and oxygen atoms in total. The van der Waals surface area contributed by atoms with Gasteiger partial charge in [0.05, 0.1) is 22.9 Å². The van der Waals surface area contributed by atoms with Crippen LogP contribution in [-0.4, -0.2) is 50.7 Å². The molecule has 2 aliphatic rings. The number of rotatable bonds is 4. The first-order valence-corrected chi connectivity index (χ1v) is 9.67. The van der Waals surface area contributed by atoms with Crippen LogP contribution in [0.25, 0.3) is 10.9 Å². The van der Waals surface area contributed by atoms with Crippen molar-refractivity contribution in [3.05, 3.63) is 60.0 Å². The number of aromatic nitrogens is 3. The average molecular weight is 347 g/mol. The van der Waals surface area contributed by atoms with E-state index < -0.39 is 0 Å². The van der Waals surface area contributed by atoms with Crippen molar-refractivity contribution in [2.45, 2.75) is 32.0 Å². The first-order valence-electron chi connectivity index (χ1n) is 9.67. The highest BCUT2D eigenvalue weighted by atomic mass is 15.4. The summed E-state index contributed by atoms with van der Waals surface area (Å²) < 4.78 is 2.25. The molecule has 3 aromatic rings. The number of fused-ring (bicyclic) bond motifs is 2. The zero-order valence-corrected chi connectivity index (χ0v) is 15.1. The number of hydrogen-bond acceptors (Lipinski definition) is 4. The van der Waals surface area contributed by atoms with Gasteiger partial charge in [0, 0.05) is 37.8 Å². The highest BCUT2D eigenvalue weighted by molar-refractivity contribution is 5.78. The lowest BCUT2D eigenvalue weighted by molar-refractivity contribution is 0.137. The number of nitrogens with zero attached hydrogens (tertiary/aromatic N) is 5. The largest absolute Gasteiger partial charge is 0.301 e. The summed E-state index contributed by atoms with van der Waals surface area (Å²) >= 11 is 0. The molecule has 0 aliphatic carbocycles. The van der Waals surface area contributed by atoms with Crippen LogP contribution in [0.15, 0.2) is 48.7 Å². The summed E-state index contributed by atoms with van der Waals surface area (Å²) in [6, 6.07) is 15.3. The van der Waals surface area contributed by atoms with E-state index in [0.29, 0.717) is 6.04 Å². The second kappa shape index (κ2) is 6.82. The van der Waals surface area contributed by atoms with Crippen molar-refractivity contribution in [1.29, 1.82) is 0 Å². The van der Waals surface area contributed by atoms with Crippen LogP contribution in [0.1, 0.15) is 30.3 Å². The molecule has 26 heavy (non-hydrogen) atoms. The van der Waals surface area contributed by atoms with Crippen molar-refractivity contribution in [1.82, 2.24) is 24.6 Å². The number of benzene rings is 1. The second-order valence-corrected chi connectivity index (χ2v) is 7.59. The van der Waals surface area contributed by atoms with Crippen LogP contribution in [0.4, 0.5) is 0 Å². The van der Waals surface area contributed by atoms with Crippen LogP contribution >= 0.6 is 0 Å². The fourth-order valence-corrected chi connectivity index (χ4v) is 4.41. The van der Waals surface area contributed by atoms with Gasteiger partial charge in [-0.1, -0.05) is 24.3 Å². The third-order valence-corrected chi connectivity index (χ3v) is 5.66. The number of hydrogen-bond donors (Lipinski definition) is 0. The maximum Gasteiger partial charge on any atom is 0.0776 e. The zero-order chi connectivity index (χ0) is 17.3. The molecule has 1 aromatic carbocycles. The van der Waals surface area contributed by atoms with Crippen LogP contribution in [0.2, 0.25) is 0 Å². The van der Waals surface area contributed by atoms with Gasteiger partial charge >= 0.3 is 0 Å².